The molecular formula is C28H30N2O4. The summed E-state index contributed by atoms with van der Waals surface area (Å²) in [5.74, 6) is -0.732. The number of ether oxygens (including phenoxy) is 1. The molecule has 0 spiro atoms. The van der Waals surface area contributed by atoms with E-state index in [2.05, 4.69) is 17.4 Å². The number of carboxylic acid groups (broad SMARTS) is 1. The van der Waals surface area contributed by atoms with Gasteiger partial charge in [0.25, 0.3) is 5.91 Å². The molecule has 2 N–H and O–H groups in total. The fourth-order valence-electron chi connectivity index (χ4n) is 4.20. The number of amides is 1. The molecule has 0 radical (unpaired) electrons. The van der Waals surface area contributed by atoms with Crippen molar-refractivity contribution in [3.8, 4) is 5.75 Å². The molecule has 6 heteroatoms. The Balaban J connectivity index is 1.24. The van der Waals surface area contributed by atoms with Crippen molar-refractivity contribution in [3.05, 3.63) is 94.8 Å². The average Bonchev–Trinajstić information content (AvgIpc) is 2.87. The maximum atomic E-state index is 12.3. The Bertz CT molecular complexity index is 1110. The summed E-state index contributed by atoms with van der Waals surface area (Å²) in [6, 6.07) is 19.3. The number of aliphatic carboxylic acids is 1. The maximum Gasteiger partial charge on any atom is 0.326 e. The molecular weight excluding hydrogens is 428 g/mol. The Morgan fingerprint density at radius 1 is 0.971 bits per heavy atom. The van der Waals surface area contributed by atoms with E-state index in [1.807, 2.05) is 24.3 Å². The molecule has 34 heavy (non-hydrogen) atoms. The highest BCUT2D eigenvalue weighted by Gasteiger charge is 2.21. The van der Waals surface area contributed by atoms with E-state index >= 15 is 0 Å². The quantitative estimate of drug-likeness (QED) is 0.440. The van der Waals surface area contributed by atoms with Gasteiger partial charge in [0.15, 0.2) is 0 Å². The fraction of sp³-hybridized carbons (Fsp3) is 0.321. The highest BCUT2D eigenvalue weighted by Crippen LogP contribution is 2.20. The smallest absolute Gasteiger partial charge is 0.326 e. The first kappa shape index (κ1) is 23.5. The van der Waals surface area contributed by atoms with Crippen LogP contribution < -0.4 is 10.1 Å². The molecule has 4 rings (SSSR count). The summed E-state index contributed by atoms with van der Waals surface area (Å²) in [5.41, 5.74) is 5.03. The summed E-state index contributed by atoms with van der Waals surface area (Å²) >= 11 is 0. The monoisotopic (exact) mass is 458 g/mol. The van der Waals surface area contributed by atoms with Gasteiger partial charge in [-0.05, 0) is 80.0 Å². The Morgan fingerprint density at radius 3 is 2.50 bits per heavy atom. The van der Waals surface area contributed by atoms with Gasteiger partial charge in [0.2, 0.25) is 0 Å². The molecule has 3 aromatic rings. The summed E-state index contributed by atoms with van der Waals surface area (Å²) < 4.78 is 5.86. The number of aryl methyl sites for hydroxylation is 3. The number of benzene rings is 2. The van der Waals surface area contributed by atoms with E-state index in [0.717, 1.165) is 42.7 Å². The third-order valence-electron chi connectivity index (χ3n) is 6.08. The summed E-state index contributed by atoms with van der Waals surface area (Å²) in [7, 11) is 0. The number of hydrogen-bond acceptors (Lipinski definition) is 4. The Morgan fingerprint density at radius 2 is 1.74 bits per heavy atom. The first-order valence-corrected chi connectivity index (χ1v) is 11.9. The number of nitrogens with one attached hydrogen (secondary N) is 1. The van der Waals surface area contributed by atoms with Crippen LogP contribution in [0.15, 0.2) is 66.7 Å². The van der Waals surface area contributed by atoms with Crippen molar-refractivity contribution in [3.63, 3.8) is 0 Å². The zero-order valence-electron chi connectivity index (χ0n) is 19.2. The van der Waals surface area contributed by atoms with Crippen LogP contribution in [0.1, 0.15) is 52.1 Å². The Labute approximate surface area is 200 Å². The summed E-state index contributed by atoms with van der Waals surface area (Å²) in [6.07, 6.45) is 6.68. The van der Waals surface area contributed by atoms with Crippen LogP contribution in [0, 0.1) is 0 Å². The van der Waals surface area contributed by atoms with E-state index < -0.39 is 17.9 Å². The normalized spacial score (nSPS) is 13.5. The second-order valence-corrected chi connectivity index (χ2v) is 8.65. The zero-order valence-corrected chi connectivity index (χ0v) is 19.2. The molecule has 0 bridgehead atoms. The lowest BCUT2D eigenvalue weighted by Crippen LogP contribution is -2.42. The number of carboxylic acids is 1. The van der Waals surface area contributed by atoms with Crippen LogP contribution in [-0.4, -0.2) is 34.6 Å². The topological polar surface area (TPSA) is 88.5 Å². The molecule has 1 aliphatic rings. The first-order chi connectivity index (χ1) is 16.6. The van der Waals surface area contributed by atoms with Gasteiger partial charge in [0.1, 0.15) is 11.8 Å². The molecule has 1 heterocycles. The lowest BCUT2D eigenvalue weighted by atomic mass is 9.95. The molecule has 1 aliphatic carbocycles. The van der Waals surface area contributed by atoms with Crippen molar-refractivity contribution < 1.29 is 19.4 Å². The molecule has 6 nitrogen and oxygen atoms in total. The van der Waals surface area contributed by atoms with Crippen molar-refractivity contribution in [2.24, 2.45) is 0 Å². The third kappa shape index (κ3) is 6.44. The van der Waals surface area contributed by atoms with Gasteiger partial charge in [0, 0.05) is 23.4 Å². The maximum absolute atomic E-state index is 12.3. The summed E-state index contributed by atoms with van der Waals surface area (Å²) in [4.78, 5) is 28.8. The Hall–Kier alpha value is -3.67. The molecule has 1 amide bonds. The van der Waals surface area contributed by atoms with E-state index in [4.69, 9.17) is 9.72 Å². The molecule has 2 aromatic carbocycles. The van der Waals surface area contributed by atoms with Gasteiger partial charge in [-0.2, -0.15) is 0 Å². The fourth-order valence-corrected chi connectivity index (χ4v) is 4.20. The number of rotatable bonds is 10. The number of fused-ring (bicyclic) bond motifs is 1. The molecule has 0 aliphatic heterocycles. The second-order valence-electron chi connectivity index (χ2n) is 8.65. The van der Waals surface area contributed by atoms with Gasteiger partial charge in [-0.3, -0.25) is 9.78 Å². The van der Waals surface area contributed by atoms with Crippen LogP contribution in [-0.2, 0) is 30.5 Å². The van der Waals surface area contributed by atoms with E-state index in [9.17, 15) is 14.7 Å². The molecule has 1 aromatic heterocycles. The van der Waals surface area contributed by atoms with Crippen molar-refractivity contribution in [2.75, 3.05) is 6.61 Å². The van der Waals surface area contributed by atoms with Gasteiger partial charge < -0.3 is 15.2 Å². The van der Waals surface area contributed by atoms with Crippen LogP contribution >= 0.6 is 0 Å². The van der Waals surface area contributed by atoms with Crippen LogP contribution in [0.5, 0.6) is 5.75 Å². The van der Waals surface area contributed by atoms with Gasteiger partial charge in [-0.15, -0.1) is 0 Å². The zero-order chi connectivity index (χ0) is 23.8. The highest BCUT2D eigenvalue weighted by atomic mass is 16.5. The SMILES string of the molecule is O=C(N[C@@H](Cc1ccc(OCCCc2ccc3c(n2)CCCC3)cc1)C(=O)O)c1ccccc1. The van der Waals surface area contributed by atoms with Gasteiger partial charge in [-0.25, -0.2) is 4.79 Å². The summed E-state index contributed by atoms with van der Waals surface area (Å²) in [5, 5.41) is 12.1. The van der Waals surface area contributed by atoms with Crippen molar-refractivity contribution in [1.82, 2.24) is 10.3 Å². The van der Waals surface area contributed by atoms with E-state index in [1.54, 1.807) is 30.3 Å². The molecule has 1 atom stereocenters. The standard InChI is InChI=1S/C28H30N2O4/c31-27(22-8-2-1-3-9-22)30-26(28(32)33)19-20-12-16-24(17-13-20)34-18-6-10-23-15-14-21-7-4-5-11-25(21)29-23/h1-3,8-9,12-17,26H,4-7,10-11,18-19H2,(H,30,31)(H,32,33)/t26-/m0/s1. The van der Waals surface area contributed by atoms with Crippen molar-refractivity contribution in [1.29, 1.82) is 0 Å². The predicted octanol–water partition coefficient (Wildman–Crippen LogP) is 4.40. The molecule has 0 unspecified atom stereocenters. The highest BCUT2D eigenvalue weighted by molar-refractivity contribution is 5.96. The van der Waals surface area contributed by atoms with Crippen LogP contribution in [0.3, 0.4) is 0 Å². The van der Waals surface area contributed by atoms with E-state index in [0.29, 0.717) is 12.2 Å². The largest absolute Gasteiger partial charge is 0.494 e. The average molecular weight is 459 g/mol. The number of carbonyl (C=O) groups is 2. The molecule has 176 valence electrons. The summed E-state index contributed by atoms with van der Waals surface area (Å²) in [6.45, 7) is 0.586. The lowest BCUT2D eigenvalue weighted by Gasteiger charge is -2.16. The number of carbonyl (C=O) groups excluding carboxylic acids is 1. The third-order valence-corrected chi connectivity index (χ3v) is 6.08. The van der Waals surface area contributed by atoms with Crippen molar-refractivity contribution >= 4 is 11.9 Å². The number of pyridine rings is 1. The number of aromatic nitrogens is 1. The van der Waals surface area contributed by atoms with E-state index in [1.165, 1.54) is 24.1 Å². The van der Waals surface area contributed by atoms with Gasteiger partial charge in [0.05, 0.1) is 6.61 Å². The second kappa shape index (κ2) is 11.5. The Kier molecular flexibility index (Phi) is 7.91. The molecule has 0 saturated heterocycles. The number of nitrogens with zero attached hydrogens (tertiary/aromatic N) is 1. The lowest BCUT2D eigenvalue weighted by molar-refractivity contribution is -0.139. The van der Waals surface area contributed by atoms with Gasteiger partial charge in [-0.1, -0.05) is 36.4 Å². The van der Waals surface area contributed by atoms with Crippen LogP contribution in [0.2, 0.25) is 0 Å². The molecule has 0 saturated carbocycles. The minimum absolute atomic E-state index is 0.193. The minimum Gasteiger partial charge on any atom is -0.494 e. The molecule has 0 fully saturated rings. The van der Waals surface area contributed by atoms with Gasteiger partial charge >= 0.3 is 5.97 Å². The first-order valence-electron chi connectivity index (χ1n) is 11.9. The predicted molar refractivity (Wildman–Crippen MR) is 130 cm³/mol. The minimum atomic E-state index is -1.07. The van der Waals surface area contributed by atoms with Crippen LogP contribution in [0.25, 0.3) is 0 Å². The number of hydrogen-bond donors (Lipinski definition) is 2. The van der Waals surface area contributed by atoms with E-state index in [-0.39, 0.29) is 6.42 Å². The van der Waals surface area contributed by atoms with Crippen LogP contribution in [0.4, 0.5) is 0 Å². The van der Waals surface area contributed by atoms with Crippen molar-refractivity contribution in [2.45, 2.75) is 51.0 Å².